The molecule has 1 atom stereocenters. The summed E-state index contributed by atoms with van der Waals surface area (Å²) >= 11 is 0. The minimum atomic E-state index is -0.0603. The third-order valence-electron chi connectivity index (χ3n) is 5.18. The monoisotopic (exact) mass is 354 g/mol. The normalized spacial score (nSPS) is 16.3. The summed E-state index contributed by atoms with van der Waals surface area (Å²) in [7, 11) is 0. The predicted molar refractivity (Wildman–Crippen MR) is 103 cm³/mol. The number of hydrogen-bond donors (Lipinski definition) is 0. The Hall–Kier alpha value is -3.47. The molecule has 0 saturated heterocycles. The number of rotatable bonds is 2. The van der Waals surface area contributed by atoms with Gasteiger partial charge in [0.05, 0.1) is 12.6 Å². The first kappa shape index (κ1) is 15.8. The van der Waals surface area contributed by atoms with Crippen molar-refractivity contribution in [1.29, 1.82) is 0 Å². The first-order valence-corrected chi connectivity index (χ1v) is 9.01. The fraction of sp³-hybridized carbons (Fsp3) is 0.136. The molecule has 5 nitrogen and oxygen atoms in total. The van der Waals surface area contributed by atoms with Crippen LogP contribution in [-0.4, -0.2) is 25.3 Å². The molecule has 0 spiro atoms. The Morgan fingerprint density at radius 3 is 2.63 bits per heavy atom. The highest BCUT2D eigenvalue weighted by atomic mass is 16.2. The molecule has 5 heteroatoms. The molecule has 0 N–H and O–H groups in total. The van der Waals surface area contributed by atoms with Gasteiger partial charge in [-0.05, 0) is 17.0 Å². The summed E-state index contributed by atoms with van der Waals surface area (Å²) in [5.41, 5.74) is 1.61. The first-order valence-electron chi connectivity index (χ1n) is 9.01. The molecule has 0 bridgehead atoms. The molecule has 0 fully saturated rings. The maximum absolute atomic E-state index is 13.6. The van der Waals surface area contributed by atoms with Gasteiger partial charge in [-0.2, -0.15) is 0 Å². The molecule has 27 heavy (non-hydrogen) atoms. The van der Waals surface area contributed by atoms with E-state index in [1.165, 1.54) is 0 Å². The molecule has 2 aromatic heterocycles. The molecule has 1 aliphatic heterocycles. The lowest BCUT2D eigenvalue weighted by atomic mass is 10.0. The summed E-state index contributed by atoms with van der Waals surface area (Å²) in [4.78, 5) is 24.3. The van der Waals surface area contributed by atoms with Crippen LogP contribution in [0.15, 0.2) is 79.3 Å². The molecule has 132 valence electrons. The second kappa shape index (κ2) is 6.36. The third kappa shape index (κ3) is 2.68. The van der Waals surface area contributed by atoms with Crippen LogP contribution in [0, 0.1) is 0 Å². The Kier molecular flexibility index (Phi) is 3.71. The standard InChI is InChI=1S/C22H18N4O/c27-22(21-18-9-5-4-6-16(18)10-11-24-21)26-15-20-23-12-13-25(20)14-19(26)17-7-2-1-3-8-17/h1-13,19H,14-15H2. The quantitative estimate of drug-likeness (QED) is 0.550. The van der Waals surface area contributed by atoms with Gasteiger partial charge in [-0.3, -0.25) is 9.78 Å². The van der Waals surface area contributed by atoms with E-state index in [0.29, 0.717) is 18.8 Å². The van der Waals surface area contributed by atoms with Crippen LogP contribution >= 0.6 is 0 Å². The van der Waals surface area contributed by atoms with E-state index >= 15 is 0 Å². The van der Waals surface area contributed by atoms with Gasteiger partial charge in [-0.25, -0.2) is 4.98 Å². The van der Waals surface area contributed by atoms with Crippen LogP contribution in [0.25, 0.3) is 10.8 Å². The van der Waals surface area contributed by atoms with E-state index in [2.05, 4.69) is 26.7 Å². The molecule has 0 aliphatic carbocycles. The van der Waals surface area contributed by atoms with E-state index in [1.807, 2.05) is 59.6 Å². The third-order valence-corrected chi connectivity index (χ3v) is 5.18. The zero-order chi connectivity index (χ0) is 18.2. The zero-order valence-electron chi connectivity index (χ0n) is 14.7. The minimum Gasteiger partial charge on any atom is -0.331 e. The number of nitrogens with zero attached hydrogens (tertiary/aromatic N) is 4. The second-order valence-electron chi connectivity index (χ2n) is 6.74. The highest BCUT2D eigenvalue weighted by Gasteiger charge is 2.33. The van der Waals surface area contributed by atoms with Crippen molar-refractivity contribution in [2.75, 3.05) is 0 Å². The van der Waals surface area contributed by atoms with E-state index in [0.717, 1.165) is 22.2 Å². The summed E-state index contributed by atoms with van der Waals surface area (Å²) < 4.78 is 2.12. The van der Waals surface area contributed by atoms with Crippen LogP contribution in [0.1, 0.15) is 27.9 Å². The lowest BCUT2D eigenvalue weighted by Crippen LogP contribution is -2.41. The van der Waals surface area contributed by atoms with Gasteiger partial charge in [0.15, 0.2) is 0 Å². The van der Waals surface area contributed by atoms with Gasteiger partial charge in [0.2, 0.25) is 0 Å². The van der Waals surface area contributed by atoms with Crippen molar-refractivity contribution in [1.82, 2.24) is 19.4 Å². The number of pyridine rings is 1. The number of fused-ring (bicyclic) bond motifs is 2. The fourth-order valence-corrected chi connectivity index (χ4v) is 3.81. The lowest BCUT2D eigenvalue weighted by Gasteiger charge is -2.36. The molecule has 4 aromatic rings. The maximum Gasteiger partial charge on any atom is 0.274 e. The van der Waals surface area contributed by atoms with Crippen molar-refractivity contribution < 1.29 is 4.79 Å². The Morgan fingerprint density at radius 1 is 0.926 bits per heavy atom. The van der Waals surface area contributed by atoms with Gasteiger partial charge < -0.3 is 9.47 Å². The Bertz CT molecular complexity index is 1110. The Labute approximate surface area is 156 Å². The molecular formula is C22H18N4O. The van der Waals surface area contributed by atoms with E-state index in [1.54, 1.807) is 12.4 Å². The first-order chi connectivity index (χ1) is 13.3. The van der Waals surface area contributed by atoms with Crippen molar-refractivity contribution in [2.45, 2.75) is 19.1 Å². The van der Waals surface area contributed by atoms with Crippen LogP contribution in [0.5, 0.6) is 0 Å². The number of hydrogen-bond acceptors (Lipinski definition) is 3. The van der Waals surface area contributed by atoms with E-state index in [9.17, 15) is 4.79 Å². The lowest BCUT2D eigenvalue weighted by molar-refractivity contribution is 0.0580. The smallest absolute Gasteiger partial charge is 0.274 e. The van der Waals surface area contributed by atoms with Crippen LogP contribution < -0.4 is 0 Å². The number of benzene rings is 2. The van der Waals surface area contributed by atoms with Gasteiger partial charge in [0.1, 0.15) is 11.5 Å². The molecule has 3 heterocycles. The van der Waals surface area contributed by atoms with Crippen molar-refractivity contribution in [3.63, 3.8) is 0 Å². The number of aromatic nitrogens is 3. The predicted octanol–water partition coefficient (Wildman–Crippen LogP) is 3.83. The van der Waals surface area contributed by atoms with Gasteiger partial charge in [0, 0.05) is 30.5 Å². The van der Waals surface area contributed by atoms with Crippen LogP contribution in [0.4, 0.5) is 0 Å². The molecule has 1 amide bonds. The molecule has 0 radical (unpaired) electrons. The summed E-state index contributed by atoms with van der Waals surface area (Å²) in [5.74, 6) is 0.839. The summed E-state index contributed by atoms with van der Waals surface area (Å²) in [5, 5.41) is 1.90. The topological polar surface area (TPSA) is 51.0 Å². The van der Waals surface area contributed by atoms with E-state index < -0.39 is 0 Å². The Morgan fingerprint density at radius 2 is 1.74 bits per heavy atom. The number of amides is 1. The van der Waals surface area contributed by atoms with Crippen molar-refractivity contribution in [2.24, 2.45) is 0 Å². The molecular weight excluding hydrogens is 336 g/mol. The largest absolute Gasteiger partial charge is 0.331 e. The highest BCUT2D eigenvalue weighted by molar-refractivity contribution is 6.05. The minimum absolute atomic E-state index is 0.0545. The molecule has 1 aliphatic rings. The van der Waals surface area contributed by atoms with Crippen LogP contribution in [0.2, 0.25) is 0 Å². The van der Waals surface area contributed by atoms with Crippen molar-refractivity contribution in [3.05, 3.63) is 96.3 Å². The number of carbonyl (C=O) groups is 1. The van der Waals surface area contributed by atoms with Crippen molar-refractivity contribution in [3.8, 4) is 0 Å². The maximum atomic E-state index is 13.6. The highest BCUT2D eigenvalue weighted by Crippen LogP contribution is 2.31. The number of imidazole rings is 1. The second-order valence-corrected chi connectivity index (χ2v) is 6.74. The van der Waals surface area contributed by atoms with Crippen molar-refractivity contribution >= 4 is 16.7 Å². The van der Waals surface area contributed by atoms with E-state index in [-0.39, 0.29) is 11.9 Å². The molecule has 2 aromatic carbocycles. The van der Waals surface area contributed by atoms with Gasteiger partial charge >= 0.3 is 0 Å². The Balaban J connectivity index is 1.61. The van der Waals surface area contributed by atoms with Crippen LogP contribution in [-0.2, 0) is 13.1 Å². The van der Waals surface area contributed by atoms with E-state index in [4.69, 9.17) is 0 Å². The molecule has 0 saturated carbocycles. The SMILES string of the molecule is O=C(c1nccc2ccccc12)N1Cc2nccn2CC1c1ccccc1. The average Bonchev–Trinajstić information content (AvgIpc) is 3.20. The average molecular weight is 354 g/mol. The van der Waals surface area contributed by atoms with Gasteiger partial charge in [-0.1, -0.05) is 54.6 Å². The zero-order valence-corrected chi connectivity index (χ0v) is 14.7. The molecule has 1 unspecified atom stereocenters. The van der Waals surface area contributed by atoms with Gasteiger partial charge in [-0.15, -0.1) is 0 Å². The van der Waals surface area contributed by atoms with Crippen LogP contribution in [0.3, 0.4) is 0 Å². The molecule has 5 rings (SSSR count). The number of carbonyl (C=O) groups excluding carboxylic acids is 1. The summed E-state index contributed by atoms with van der Waals surface area (Å²) in [6, 6.07) is 19.9. The summed E-state index contributed by atoms with van der Waals surface area (Å²) in [6.45, 7) is 1.16. The fourth-order valence-electron chi connectivity index (χ4n) is 3.81. The van der Waals surface area contributed by atoms with Gasteiger partial charge in [0.25, 0.3) is 5.91 Å². The summed E-state index contributed by atoms with van der Waals surface area (Å²) in [6.07, 6.45) is 5.47.